The molecule has 0 atom stereocenters. The Bertz CT molecular complexity index is 607. The van der Waals surface area contributed by atoms with Crippen LogP contribution in [0, 0.1) is 0 Å². The molecule has 0 fully saturated rings. The van der Waals surface area contributed by atoms with Gasteiger partial charge in [-0.15, -0.1) is 0 Å². The SMILES string of the molecule is NS(=O)(=O)c1cc(C(F)(F)F)cc(C(F)(F)F)c1Cl. The monoisotopic (exact) mass is 327 g/mol. The molecule has 108 valence electrons. The van der Waals surface area contributed by atoms with E-state index in [1.807, 2.05) is 0 Å². The molecule has 1 aromatic rings. The lowest BCUT2D eigenvalue weighted by Gasteiger charge is -2.15. The highest BCUT2D eigenvalue weighted by Gasteiger charge is 2.40. The number of hydrogen-bond acceptors (Lipinski definition) is 2. The summed E-state index contributed by atoms with van der Waals surface area (Å²) in [4.78, 5) is -1.43. The van der Waals surface area contributed by atoms with Gasteiger partial charge in [-0.05, 0) is 12.1 Å². The number of primary sulfonamides is 1. The van der Waals surface area contributed by atoms with Gasteiger partial charge in [0, 0.05) is 0 Å². The molecule has 0 aliphatic carbocycles. The van der Waals surface area contributed by atoms with Crippen molar-refractivity contribution in [3.05, 3.63) is 28.3 Å². The number of alkyl halides is 6. The Balaban J connectivity index is 3.78. The van der Waals surface area contributed by atoms with Crippen molar-refractivity contribution in [1.82, 2.24) is 0 Å². The maximum atomic E-state index is 12.5. The average molecular weight is 328 g/mol. The molecule has 0 aliphatic heterocycles. The quantitative estimate of drug-likeness (QED) is 0.806. The molecular weight excluding hydrogens is 324 g/mol. The minimum Gasteiger partial charge on any atom is -0.225 e. The van der Waals surface area contributed by atoms with Gasteiger partial charge in [-0.25, -0.2) is 13.6 Å². The van der Waals surface area contributed by atoms with Crippen molar-refractivity contribution in [3.63, 3.8) is 0 Å². The fraction of sp³-hybridized carbons (Fsp3) is 0.250. The van der Waals surface area contributed by atoms with Gasteiger partial charge in [0.1, 0.15) is 4.90 Å². The van der Waals surface area contributed by atoms with E-state index in [4.69, 9.17) is 11.6 Å². The van der Waals surface area contributed by atoms with Crippen molar-refractivity contribution in [1.29, 1.82) is 0 Å². The van der Waals surface area contributed by atoms with Crippen LogP contribution in [0.1, 0.15) is 11.1 Å². The van der Waals surface area contributed by atoms with Gasteiger partial charge in [0.25, 0.3) is 0 Å². The maximum absolute atomic E-state index is 12.5. The lowest BCUT2D eigenvalue weighted by atomic mass is 10.1. The van der Waals surface area contributed by atoms with Crippen molar-refractivity contribution in [3.8, 4) is 0 Å². The first-order valence-corrected chi connectivity index (χ1v) is 6.18. The lowest BCUT2D eigenvalue weighted by molar-refractivity contribution is -0.143. The molecule has 1 aromatic carbocycles. The molecule has 0 radical (unpaired) electrons. The highest BCUT2D eigenvalue weighted by atomic mass is 35.5. The van der Waals surface area contributed by atoms with Crippen LogP contribution in [0.25, 0.3) is 0 Å². The van der Waals surface area contributed by atoms with Gasteiger partial charge in [0.2, 0.25) is 10.0 Å². The van der Waals surface area contributed by atoms with Crippen molar-refractivity contribution in [2.45, 2.75) is 17.2 Å². The Hall–Kier alpha value is -1.00. The Morgan fingerprint density at radius 3 is 1.79 bits per heavy atom. The van der Waals surface area contributed by atoms with Crippen molar-refractivity contribution in [2.75, 3.05) is 0 Å². The van der Waals surface area contributed by atoms with Crippen LogP contribution in [0.4, 0.5) is 26.3 Å². The second-order valence-electron chi connectivity index (χ2n) is 3.38. The van der Waals surface area contributed by atoms with E-state index >= 15 is 0 Å². The highest BCUT2D eigenvalue weighted by Crippen LogP contribution is 2.41. The second-order valence-corrected chi connectivity index (χ2v) is 5.28. The predicted molar refractivity (Wildman–Crippen MR) is 52.8 cm³/mol. The summed E-state index contributed by atoms with van der Waals surface area (Å²) in [6.45, 7) is 0. The first-order chi connectivity index (χ1) is 8.24. The minimum atomic E-state index is -5.25. The zero-order valence-corrected chi connectivity index (χ0v) is 10.2. The molecule has 0 aliphatic rings. The van der Waals surface area contributed by atoms with E-state index < -0.39 is 43.4 Å². The Morgan fingerprint density at radius 1 is 1.00 bits per heavy atom. The summed E-state index contributed by atoms with van der Waals surface area (Å²) in [5, 5.41) is 3.14. The molecule has 11 heteroatoms. The molecule has 0 aromatic heterocycles. The Labute approximate surface area is 108 Å². The highest BCUT2D eigenvalue weighted by molar-refractivity contribution is 7.89. The molecule has 0 unspecified atom stereocenters. The molecule has 0 amide bonds. The molecule has 0 heterocycles. The van der Waals surface area contributed by atoms with E-state index in [2.05, 4.69) is 5.14 Å². The van der Waals surface area contributed by atoms with Gasteiger partial charge < -0.3 is 0 Å². The van der Waals surface area contributed by atoms with Gasteiger partial charge >= 0.3 is 12.4 Å². The lowest BCUT2D eigenvalue weighted by Crippen LogP contribution is -2.18. The van der Waals surface area contributed by atoms with E-state index in [1.54, 1.807) is 0 Å². The third-order valence-corrected chi connectivity index (χ3v) is 3.43. The Kier molecular flexibility index (Phi) is 3.83. The third kappa shape index (κ3) is 3.51. The molecule has 3 nitrogen and oxygen atoms in total. The van der Waals surface area contributed by atoms with Crippen LogP contribution >= 0.6 is 11.6 Å². The van der Waals surface area contributed by atoms with Gasteiger partial charge in [0.05, 0.1) is 16.1 Å². The molecule has 0 saturated heterocycles. The number of hydrogen-bond donors (Lipinski definition) is 1. The molecule has 0 saturated carbocycles. The molecule has 0 bridgehead atoms. The van der Waals surface area contributed by atoms with E-state index in [9.17, 15) is 34.8 Å². The topological polar surface area (TPSA) is 60.2 Å². The first kappa shape index (κ1) is 16.1. The van der Waals surface area contributed by atoms with E-state index in [0.29, 0.717) is 0 Å². The van der Waals surface area contributed by atoms with Gasteiger partial charge in [-0.2, -0.15) is 26.3 Å². The van der Waals surface area contributed by atoms with Gasteiger partial charge in [-0.1, -0.05) is 11.6 Å². The van der Waals surface area contributed by atoms with Gasteiger partial charge in [0.15, 0.2) is 0 Å². The summed E-state index contributed by atoms with van der Waals surface area (Å²) in [5.74, 6) is 0. The summed E-state index contributed by atoms with van der Waals surface area (Å²) in [7, 11) is -4.83. The summed E-state index contributed by atoms with van der Waals surface area (Å²) < 4.78 is 96.7. The summed E-state index contributed by atoms with van der Waals surface area (Å²) >= 11 is 5.15. The van der Waals surface area contributed by atoms with Gasteiger partial charge in [-0.3, -0.25) is 0 Å². The zero-order valence-electron chi connectivity index (χ0n) is 8.60. The van der Waals surface area contributed by atoms with Crippen LogP contribution in [0.3, 0.4) is 0 Å². The van der Waals surface area contributed by atoms with Crippen LogP contribution in [0.15, 0.2) is 17.0 Å². The fourth-order valence-corrected chi connectivity index (χ4v) is 2.36. The molecule has 0 spiro atoms. The summed E-state index contributed by atoms with van der Waals surface area (Å²) in [6, 6.07) is -0.329. The first-order valence-electron chi connectivity index (χ1n) is 4.25. The normalized spacial score (nSPS) is 13.7. The van der Waals surface area contributed by atoms with Crippen molar-refractivity contribution < 1.29 is 34.8 Å². The molecular formula is C8H4ClF6NO2S. The van der Waals surface area contributed by atoms with Crippen LogP contribution in [0.2, 0.25) is 5.02 Å². The smallest absolute Gasteiger partial charge is 0.225 e. The van der Waals surface area contributed by atoms with Crippen LogP contribution < -0.4 is 5.14 Å². The number of rotatable bonds is 1. The fourth-order valence-electron chi connectivity index (χ4n) is 1.17. The van der Waals surface area contributed by atoms with E-state index in [0.717, 1.165) is 0 Å². The molecule has 1 rings (SSSR count). The number of benzene rings is 1. The number of sulfonamides is 1. The molecule has 2 N–H and O–H groups in total. The van der Waals surface area contributed by atoms with E-state index in [1.165, 1.54) is 0 Å². The predicted octanol–water partition coefficient (Wildman–Crippen LogP) is 3.03. The van der Waals surface area contributed by atoms with Crippen molar-refractivity contribution >= 4 is 21.6 Å². The zero-order chi connectivity index (χ0) is 15.2. The standard InChI is InChI=1S/C8H4ClF6NO2S/c9-6-4(8(13,14)15)1-3(7(10,11)12)2-5(6)19(16,17)18/h1-2H,(H2,16,17,18). The summed E-state index contributed by atoms with van der Waals surface area (Å²) in [5.41, 5.74) is -3.73. The number of halogens is 7. The maximum Gasteiger partial charge on any atom is 0.417 e. The Morgan fingerprint density at radius 2 is 1.47 bits per heavy atom. The third-order valence-electron chi connectivity index (χ3n) is 1.98. The van der Waals surface area contributed by atoms with Crippen LogP contribution in [0.5, 0.6) is 0 Å². The average Bonchev–Trinajstić information content (AvgIpc) is 2.11. The second kappa shape index (κ2) is 4.53. The minimum absolute atomic E-state index is 0.0487. The van der Waals surface area contributed by atoms with Crippen LogP contribution in [-0.4, -0.2) is 8.42 Å². The largest absolute Gasteiger partial charge is 0.417 e. The molecule has 19 heavy (non-hydrogen) atoms. The summed E-state index contributed by atoms with van der Waals surface area (Å²) in [6.07, 6.45) is -10.4. The number of nitrogens with two attached hydrogens (primary N) is 1. The van der Waals surface area contributed by atoms with Crippen molar-refractivity contribution in [2.24, 2.45) is 5.14 Å². The van der Waals surface area contributed by atoms with Crippen LogP contribution in [-0.2, 0) is 22.4 Å². The van der Waals surface area contributed by atoms with E-state index in [-0.39, 0.29) is 12.1 Å².